The Morgan fingerprint density at radius 3 is 2.00 bits per heavy atom. The highest BCUT2D eigenvalue weighted by molar-refractivity contribution is 5.78. The monoisotopic (exact) mass is 625 g/mol. The Bertz CT molecular complexity index is 1240. The summed E-state index contributed by atoms with van der Waals surface area (Å²) < 4.78 is 123. The van der Waals surface area contributed by atoms with E-state index in [2.05, 4.69) is 29.3 Å². The number of nitrogens with zero attached hydrogens (tertiary/aromatic N) is 3. The molecule has 0 aliphatic carbocycles. The van der Waals surface area contributed by atoms with E-state index in [-0.39, 0.29) is 42.1 Å². The van der Waals surface area contributed by atoms with Crippen LogP contribution < -0.4 is 11.2 Å². The van der Waals surface area contributed by atoms with Crippen LogP contribution in [0.25, 0.3) is 0 Å². The molecule has 2 unspecified atom stereocenters. The van der Waals surface area contributed by atoms with Crippen molar-refractivity contribution in [2.24, 2.45) is 16.8 Å². The number of rotatable bonds is 9. The van der Waals surface area contributed by atoms with Crippen molar-refractivity contribution in [3.63, 3.8) is 0 Å². The Balaban J connectivity index is 2.14. The minimum absolute atomic E-state index is 0.0107. The van der Waals surface area contributed by atoms with Gasteiger partial charge >= 0.3 is 18.5 Å². The molecule has 0 aromatic heterocycles. The molecule has 1 aliphatic heterocycles. The summed E-state index contributed by atoms with van der Waals surface area (Å²) in [5.74, 6) is -0.0424. The van der Waals surface area contributed by atoms with Crippen LogP contribution in [0.15, 0.2) is 41.5 Å². The first kappa shape index (κ1) is 34.3. The second kappa shape index (κ2) is 13.2. The Kier molecular flexibility index (Phi) is 10.6. The van der Waals surface area contributed by atoms with Gasteiger partial charge in [0.15, 0.2) is 0 Å². The van der Waals surface area contributed by atoms with Crippen molar-refractivity contribution in [1.29, 1.82) is 0 Å². The Morgan fingerprint density at radius 1 is 0.930 bits per heavy atom. The summed E-state index contributed by atoms with van der Waals surface area (Å²) >= 11 is 0. The van der Waals surface area contributed by atoms with Crippen LogP contribution in [-0.2, 0) is 31.6 Å². The number of nitrogens with one attached hydrogen (secondary N) is 1. The Morgan fingerprint density at radius 2 is 1.51 bits per heavy atom. The highest BCUT2D eigenvalue weighted by Gasteiger charge is 2.38. The molecule has 5 nitrogen and oxygen atoms in total. The molecule has 3 rings (SSSR count). The van der Waals surface area contributed by atoms with Crippen molar-refractivity contribution in [3.05, 3.63) is 69.8 Å². The summed E-state index contributed by atoms with van der Waals surface area (Å²) in [6.07, 6.45) is -12.4. The molecule has 0 amide bonds. The van der Waals surface area contributed by atoms with Gasteiger partial charge in [-0.3, -0.25) is 4.90 Å². The second-order valence-corrected chi connectivity index (χ2v) is 11.0. The number of benzene rings is 2. The summed E-state index contributed by atoms with van der Waals surface area (Å²) in [6, 6.07) is 4.40. The first-order valence-corrected chi connectivity index (χ1v) is 13.9. The van der Waals surface area contributed by atoms with Crippen LogP contribution >= 0.6 is 0 Å². The molecule has 2 atom stereocenters. The van der Waals surface area contributed by atoms with Crippen molar-refractivity contribution < 1.29 is 39.5 Å². The van der Waals surface area contributed by atoms with Gasteiger partial charge in [-0.1, -0.05) is 26.8 Å². The van der Waals surface area contributed by atoms with Crippen molar-refractivity contribution in [2.45, 2.75) is 83.7 Å². The van der Waals surface area contributed by atoms with Gasteiger partial charge in [-0.15, -0.1) is 5.10 Å². The molecule has 14 heteroatoms. The molecule has 43 heavy (non-hydrogen) atoms. The molecule has 240 valence electrons. The maximum Gasteiger partial charge on any atom is 0.416 e. The molecule has 2 aromatic rings. The Labute approximate surface area is 244 Å². The van der Waals surface area contributed by atoms with E-state index in [1.165, 1.54) is 13.1 Å². The third kappa shape index (κ3) is 8.48. The fraction of sp³-hybridized carbons (Fsp3) is 0.552. The zero-order valence-corrected chi connectivity index (χ0v) is 24.3. The van der Waals surface area contributed by atoms with Gasteiger partial charge in [0.2, 0.25) is 5.96 Å². The van der Waals surface area contributed by atoms with Crippen LogP contribution in [0.4, 0.5) is 39.5 Å². The minimum Gasteiger partial charge on any atom is -0.368 e. The number of likely N-dealkylation sites (tertiary alicyclic amines) is 1. The lowest BCUT2D eigenvalue weighted by Gasteiger charge is -2.37. The highest BCUT2D eigenvalue weighted by atomic mass is 19.4. The van der Waals surface area contributed by atoms with E-state index in [4.69, 9.17) is 5.73 Å². The molecule has 2 aromatic carbocycles. The number of guanidine groups is 1. The number of nitrogens with two attached hydrogens (primary N) is 1. The summed E-state index contributed by atoms with van der Waals surface area (Å²) in [5.41, 5.74) is 4.89. The van der Waals surface area contributed by atoms with Gasteiger partial charge in [0.1, 0.15) is 0 Å². The maximum atomic E-state index is 13.8. The van der Waals surface area contributed by atoms with E-state index in [9.17, 15) is 39.5 Å². The van der Waals surface area contributed by atoms with E-state index >= 15 is 0 Å². The van der Waals surface area contributed by atoms with E-state index in [0.29, 0.717) is 24.1 Å². The van der Waals surface area contributed by atoms with Gasteiger partial charge in [-0.2, -0.15) is 39.5 Å². The van der Waals surface area contributed by atoms with Crippen molar-refractivity contribution in [3.8, 4) is 0 Å². The third-order valence-electron chi connectivity index (χ3n) is 7.66. The number of hydrogen-bond donors (Lipinski definition) is 2. The Hall–Kier alpha value is -3.16. The number of hydrogen-bond acceptors (Lipinski definition) is 3. The lowest BCUT2D eigenvalue weighted by molar-refractivity contribution is -0.143. The average molecular weight is 626 g/mol. The van der Waals surface area contributed by atoms with Crippen LogP contribution in [0.3, 0.4) is 0 Å². The van der Waals surface area contributed by atoms with E-state index in [1.807, 2.05) is 6.92 Å². The number of alkyl halides is 9. The number of hydrazone groups is 1. The zero-order valence-electron chi connectivity index (χ0n) is 24.3. The van der Waals surface area contributed by atoms with Gasteiger partial charge < -0.3 is 16.1 Å². The van der Waals surface area contributed by atoms with Crippen LogP contribution in [0.5, 0.6) is 0 Å². The summed E-state index contributed by atoms with van der Waals surface area (Å²) in [7, 11) is 1.37. The molecule has 1 fully saturated rings. The standard InChI is InChI=1S/C29H36F9N5/c1-5-24(43-10-6-7-25(43)17(2)3)23-9-8-20(27(30,31)32)13-19(23)16-42(26(39)41-40-4)15-18-11-21(28(33,34)35)14-22(12-18)29(36,37)38/h8-9,11-14,17,24-25,40H,5-7,10,15-16H2,1-4H3,(H2,39,41). The van der Waals surface area contributed by atoms with Gasteiger partial charge in [0.05, 0.1) is 16.7 Å². The molecular formula is C29H36F9N5. The fourth-order valence-corrected chi connectivity index (χ4v) is 5.73. The normalized spacial score (nSPS) is 17.9. The van der Waals surface area contributed by atoms with Crippen molar-refractivity contribution in [1.82, 2.24) is 15.2 Å². The van der Waals surface area contributed by atoms with Crippen LogP contribution in [0.1, 0.15) is 79.5 Å². The maximum absolute atomic E-state index is 13.8. The lowest BCUT2D eigenvalue weighted by atomic mass is 9.92. The predicted octanol–water partition coefficient (Wildman–Crippen LogP) is 7.77. The fourth-order valence-electron chi connectivity index (χ4n) is 5.73. The zero-order chi connectivity index (χ0) is 32.3. The molecule has 1 heterocycles. The van der Waals surface area contributed by atoms with Gasteiger partial charge in [0.25, 0.3) is 0 Å². The molecule has 1 aliphatic rings. The first-order chi connectivity index (χ1) is 19.9. The SMILES string of the molecule is CCC(c1ccc(C(F)(F)F)cc1CN(Cc1cc(C(F)(F)F)cc(C(F)(F)F)c1)/C(N)=N/NC)N1CCCC1C(C)C. The molecular weight excluding hydrogens is 589 g/mol. The predicted molar refractivity (Wildman–Crippen MR) is 145 cm³/mol. The lowest BCUT2D eigenvalue weighted by Crippen LogP contribution is -2.39. The molecule has 0 spiro atoms. The second-order valence-electron chi connectivity index (χ2n) is 11.0. The van der Waals surface area contributed by atoms with Crippen molar-refractivity contribution in [2.75, 3.05) is 13.6 Å². The molecule has 0 bridgehead atoms. The quantitative estimate of drug-likeness (QED) is 0.129. The molecule has 1 saturated heterocycles. The van der Waals surface area contributed by atoms with Crippen LogP contribution in [-0.4, -0.2) is 35.4 Å². The smallest absolute Gasteiger partial charge is 0.368 e. The largest absolute Gasteiger partial charge is 0.416 e. The van der Waals surface area contributed by atoms with E-state index < -0.39 is 47.3 Å². The van der Waals surface area contributed by atoms with E-state index in [1.54, 1.807) is 0 Å². The summed E-state index contributed by atoms with van der Waals surface area (Å²) in [4.78, 5) is 3.41. The average Bonchev–Trinajstić information content (AvgIpc) is 3.38. The highest BCUT2D eigenvalue weighted by Crippen LogP contribution is 2.40. The molecule has 3 N–H and O–H groups in total. The van der Waals surface area contributed by atoms with Gasteiger partial charge in [0, 0.05) is 32.2 Å². The molecule has 0 saturated carbocycles. The number of halogens is 9. The molecule has 0 radical (unpaired) electrons. The van der Waals surface area contributed by atoms with Gasteiger partial charge in [-0.05, 0) is 78.7 Å². The summed E-state index contributed by atoms with van der Waals surface area (Å²) in [5, 5.41) is 3.83. The van der Waals surface area contributed by atoms with Crippen LogP contribution in [0, 0.1) is 5.92 Å². The van der Waals surface area contributed by atoms with Crippen molar-refractivity contribution >= 4 is 5.96 Å². The van der Waals surface area contributed by atoms with E-state index in [0.717, 1.165) is 36.4 Å². The topological polar surface area (TPSA) is 56.9 Å². The summed E-state index contributed by atoms with van der Waals surface area (Å²) in [6.45, 7) is 5.85. The minimum atomic E-state index is -5.07. The first-order valence-electron chi connectivity index (χ1n) is 13.9. The van der Waals surface area contributed by atoms with Crippen LogP contribution in [0.2, 0.25) is 0 Å². The third-order valence-corrected chi connectivity index (χ3v) is 7.66. The van der Waals surface area contributed by atoms with Gasteiger partial charge in [-0.25, -0.2) is 0 Å².